The Balaban J connectivity index is 2.97. The molecule has 0 saturated carbocycles. The number of amides is 1. The molecular weight excluding hydrogens is 222 g/mol. The van der Waals surface area contributed by atoms with Crippen molar-refractivity contribution < 1.29 is 6.21 Å². The molecule has 0 aliphatic heterocycles. The second kappa shape index (κ2) is 14.5. The molecule has 0 heterocycles. The van der Waals surface area contributed by atoms with Crippen molar-refractivity contribution >= 4 is 5.91 Å². The summed E-state index contributed by atoms with van der Waals surface area (Å²) in [5.41, 5.74) is 1.92. The number of carbonyl (C=O) groups excluding carboxylic acids is 1. The lowest BCUT2D eigenvalue weighted by Gasteiger charge is -2.02. The molecule has 0 spiro atoms. The molecule has 0 atom stereocenters. The number of unbranched alkanes of at least 4 members (excludes halogenated alkanes) is 12. The van der Waals surface area contributed by atoms with Crippen molar-refractivity contribution in [3.8, 4) is 0 Å². The van der Waals surface area contributed by atoms with E-state index in [-0.39, 0.29) is 5.91 Å². The minimum Gasteiger partial charge on any atom is -0.370 e. The van der Waals surface area contributed by atoms with Gasteiger partial charge < -0.3 is 5.73 Å². The summed E-state index contributed by atoms with van der Waals surface area (Å²) in [6, 6.07) is 0. The van der Waals surface area contributed by atoms with Gasteiger partial charge in [-0.05, 0) is 6.42 Å². The van der Waals surface area contributed by atoms with Crippen LogP contribution in [0.2, 0.25) is 1.41 Å². The molecule has 0 radical (unpaired) electrons. The second-order valence-corrected chi connectivity index (χ2v) is 5.42. The van der Waals surface area contributed by atoms with Crippen LogP contribution in [0.25, 0.3) is 0 Å². The largest absolute Gasteiger partial charge is 0.370 e. The average Bonchev–Trinajstić information content (AvgIpc) is 2.43. The van der Waals surface area contributed by atoms with Crippen LogP contribution in [0, 0.1) is 0 Å². The first-order valence-corrected chi connectivity index (χ1v) is 8.01. The van der Waals surface area contributed by atoms with Gasteiger partial charge in [0.25, 0.3) is 0 Å². The molecule has 2 nitrogen and oxygen atoms in total. The minimum atomic E-state index is -0.150. The molecular formula is C16H33NO. The van der Waals surface area contributed by atoms with Crippen molar-refractivity contribution in [2.24, 2.45) is 5.73 Å². The number of carbonyl (C=O) groups is 1. The van der Waals surface area contributed by atoms with Crippen LogP contribution in [-0.2, 0) is 4.79 Å². The maximum absolute atomic E-state index is 10.8. The smallest absolute Gasteiger partial charge is 0.217 e. The molecule has 108 valence electrons. The van der Waals surface area contributed by atoms with E-state index in [0.29, 0.717) is 6.42 Å². The first kappa shape index (κ1) is 15.5. The lowest BCUT2D eigenvalue weighted by Crippen LogP contribution is -2.09. The van der Waals surface area contributed by atoms with Crippen molar-refractivity contribution in [2.75, 3.05) is 0 Å². The van der Waals surface area contributed by atoms with Crippen LogP contribution in [0.5, 0.6) is 0 Å². The Labute approximate surface area is 115 Å². The summed E-state index contributed by atoms with van der Waals surface area (Å²) in [6.45, 7) is 2.26. The van der Waals surface area contributed by atoms with Gasteiger partial charge in [0.15, 0.2) is 1.41 Å². The van der Waals surface area contributed by atoms with E-state index in [9.17, 15) is 4.79 Å². The molecule has 0 unspecified atom stereocenters. The molecule has 0 rings (SSSR count). The zero-order valence-electron chi connectivity index (χ0n) is 13.3. The van der Waals surface area contributed by atoms with Crippen LogP contribution in [0.1, 0.15) is 96.8 Å². The summed E-state index contributed by atoms with van der Waals surface area (Å²) in [5, 5.41) is 0. The Morgan fingerprint density at radius 2 is 1.17 bits per heavy atom. The van der Waals surface area contributed by atoms with Crippen LogP contribution in [0.15, 0.2) is 0 Å². The second-order valence-electron chi connectivity index (χ2n) is 5.42. The summed E-state index contributed by atoms with van der Waals surface area (Å²) < 4.78 is 6.67. The highest BCUT2D eigenvalue weighted by Crippen LogP contribution is 2.12. The van der Waals surface area contributed by atoms with Gasteiger partial charge in [-0.3, -0.25) is 4.79 Å². The third kappa shape index (κ3) is 15.5. The quantitative estimate of drug-likeness (QED) is 0.439. The van der Waals surface area contributed by atoms with Gasteiger partial charge in [-0.1, -0.05) is 84.0 Å². The fraction of sp³-hybridized carbons (Fsp3) is 0.938. The molecule has 0 aromatic heterocycles. The molecule has 0 aromatic carbocycles. The standard InChI is InChI=1S/C16H33NO/c1-2-3-4-5-6-7-8-9-10-11-12-13-14-15-16(17)18/h2-15H2,1H3,(H2,17,18)/i/hD. The minimum absolute atomic E-state index is 0.150. The van der Waals surface area contributed by atoms with Crippen molar-refractivity contribution in [3.63, 3.8) is 0 Å². The molecule has 0 bridgehead atoms. The van der Waals surface area contributed by atoms with Crippen LogP contribution >= 0.6 is 0 Å². The predicted octanol–water partition coefficient (Wildman–Crippen LogP) is 4.95. The van der Waals surface area contributed by atoms with Gasteiger partial charge in [0.05, 0.1) is 0 Å². The van der Waals surface area contributed by atoms with Gasteiger partial charge in [-0.15, -0.1) is 0 Å². The van der Waals surface area contributed by atoms with E-state index < -0.39 is 0 Å². The average molecular weight is 256 g/mol. The molecule has 0 fully saturated rings. The molecule has 0 aliphatic carbocycles. The summed E-state index contributed by atoms with van der Waals surface area (Å²) in [7, 11) is 0. The van der Waals surface area contributed by atoms with Crippen molar-refractivity contribution in [1.29, 1.82) is 0 Å². The third-order valence-corrected chi connectivity index (χ3v) is 3.51. The highest BCUT2D eigenvalue weighted by atomic mass is 16.1. The lowest BCUT2D eigenvalue weighted by atomic mass is 10.0. The normalized spacial score (nSPS) is 11.3. The van der Waals surface area contributed by atoms with Crippen molar-refractivity contribution in [2.45, 2.75) is 96.8 Å². The predicted molar refractivity (Wildman–Crippen MR) is 79.5 cm³/mol. The topological polar surface area (TPSA) is 43.1 Å². The highest BCUT2D eigenvalue weighted by molar-refractivity contribution is 5.73. The molecule has 2 heteroatoms. The van der Waals surface area contributed by atoms with Gasteiger partial charge in [0, 0.05) is 6.42 Å². The first-order chi connectivity index (χ1) is 9.31. The number of rotatable bonds is 14. The monoisotopic (exact) mass is 256 g/mol. The van der Waals surface area contributed by atoms with Crippen molar-refractivity contribution in [1.82, 2.24) is 0 Å². The Morgan fingerprint density at radius 3 is 1.56 bits per heavy atom. The van der Waals surface area contributed by atoms with E-state index in [2.05, 4.69) is 6.92 Å². The van der Waals surface area contributed by atoms with E-state index in [1.54, 1.807) is 0 Å². The molecule has 0 aliphatic rings. The fourth-order valence-electron chi connectivity index (χ4n) is 2.30. The van der Waals surface area contributed by atoms with Crippen LogP contribution in [0.3, 0.4) is 0 Å². The summed E-state index contributed by atoms with van der Waals surface area (Å²) >= 11 is 0. The van der Waals surface area contributed by atoms with Gasteiger partial charge >= 0.3 is 0 Å². The highest BCUT2D eigenvalue weighted by Gasteiger charge is 1.95. The summed E-state index contributed by atoms with van der Waals surface area (Å²) in [6.07, 6.45) is 17.6. The summed E-state index contributed by atoms with van der Waals surface area (Å²) in [4.78, 5) is 10.8. The molecule has 18 heavy (non-hydrogen) atoms. The Kier molecular flexibility index (Phi) is 12.5. The van der Waals surface area contributed by atoms with E-state index in [0.717, 1.165) is 12.8 Å². The maximum Gasteiger partial charge on any atom is 0.217 e. The van der Waals surface area contributed by atoms with Gasteiger partial charge in [-0.25, -0.2) is 0 Å². The Bertz CT molecular complexity index is 197. The van der Waals surface area contributed by atoms with E-state index >= 15 is 0 Å². The zero-order chi connectivity index (χ0) is 14.2. The maximum atomic E-state index is 10.8. The number of hydrogen-bond acceptors (Lipinski definition) is 1. The fourth-order valence-corrected chi connectivity index (χ4v) is 2.30. The molecule has 1 amide bonds. The van der Waals surface area contributed by atoms with Gasteiger partial charge in [0.1, 0.15) is 0 Å². The molecule has 0 aromatic rings. The van der Waals surface area contributed by atoms with E-state index in [1.807, 2.05) is 5.73 Å². The van der Waals surface area contributed by atoms with Crippen LogP contribution in [0.4, 0.5) is 0 Å². The molecule has 2 N–H and O–H groups in total. The van der Waals surface area contributed by atoms with E-state index in [4.69, 9.17) is 1.41 Å². The summed E-state index contributed by atoms with van der Waals surface area (Å²) in [5.74, 6) is -0.150. The van der Waals surface area contributed by atoms with E-state index in [1.165, 1.54) is 70.6 Å². The lowest BCUT2D eigenvalue weighted by molar-refractivity contribution is -0.118. The zero-order valence-corrected chi connectivity index (χ0v) is 12.3. The first-order valence-electron chi connectivity index (χ1n) is 8.51. The number of primary amides is 1. The van der Waals surface area contributed by atoms with Crippen molar-refractivity contribution in [3.05, 3.63) is 0 Å². The number of hydrogen-bond donors (Lipinski definition) is 1. The Morgan fingerprint density at radius 1 is 0.778 bits per heavy atom. The number of nitrogens with two attached hydrogens (primary N) is 1. The van der Waals surface area contributed by atoms with Crippen LogP contribution in [-0.4, -0.2) is 5.91 Å². The van der Waals surface area contributed by atoms with Gasteiger partial charge in [-0.2, -0.15) is 0 Å². The van der Waals surface area contributed by atoms with Gasteiger partial charge in [0.2, 0.25) is 5.91 Å². The Hall–Kier alpha value is -0.530. The SMILES string of the molecule is [2H]NC(=O)CCCCCCCCCCCCCCC. The third-order valence-electron chi connectivity index (χ3n) is 3.51. The van der Waals surface area contributed by atoms with Crippen LogP contribution < -0.4 is 5.73 Å². The molecule has 0 saturated heterocycles.